The van der Waals surface area contributed by atoms with E-state index in [1.165, 1.54) is 5.56 Å². The van der Waals surface area contributed by atoms with Crippen molar-refractivity contribution in [1.82, 2.24) is 14.5 Å². The fraction of sp³-hybridized carbons (Fsp3) is 0.389. The Morgan fingerprint density at radius 2 is 1.83 bits per heavy atom. The van der Waals surface area contributed by atoms with E-state index in [4.69, 9.17) is 4.42 Å². The second-order valence-electron chi connectivity index (χ2n) is 6.86. The molecule has 1 aliphatic rings. The van der Waals surface area contributed by atoms with Gasteiger partial charge in [0.15, 0.2) is 5.58 Å². The first kappa shape index (κ1) is 14.2. The Hall–Kier alpha value is -2.43. The molecule has 0 atom stereocenters. The van der Waals surface area contributed by atoms with Crippen LogP contribution in [0.5, 0.6) is 0 Å². The summed E-state index contributed by atoms with van der Waals surface area (Å²) in [4.78, 5) is 9.15. The molecule has 120 valence electrons. The number of furan rings is 1. The molecule has 0 fully saturated rings. The molecule has 0 N–H and O–H groups in total. The lowest BCUT2D eigenvalue weighted by Gasteiger charge is -2.38. The lowest BCUT2D eigenvalue weighted by Crippen LogP contribution is -2.46. The zero-order valence-corrected chi connectivity index (χ0v) is 14.5. The van der Waals surface area contributed by atoms with Crippen LogP contribution in [0.4, 0.5) is 5.69 Å². The zero-order valence-electron chi connectivity index (χ0n) is 14.5. The van der Waals surface area contributed by atoms with Gasteiger partial charge in [-0.15, -0.1) is 0 Å². The molecule has 4 rings (SSSR count). The smallest absolute Gasteiger partial charge is 0.228 e. The molecular weight excluding hydrogens is 288 g/mol. The number of imidazole rings is 1. The van der Waals surface area contributed by atoms with Gasteiger partial charge in [-0.1, -0.05) is 6.07 Å². The first-order valence-electron chi connectivity index (χ1n) is 7.88. The van der Waals surface area contributed by atoms with E-state index >= 15 is 0 Å². The molecule has 3 heterocycles. The van der Waals surface area contributed by atoms with Gasteiger partial charge in [-0.3, -0.25) is 0 Å². The van der Waals surface area contributed by atoms with Gasteiger partial charge in [0.25, 0.3) is 0 Å². The van der Waals surface area contributed by atoms with Crippen LogP contribution in [-0.2, 0) is 7.05 Å². The number of aromatic nitrogens is 2. The van der Waals surface area contributed by atoms with Gasteiger partial charge < -0.3 is 18.8 Å². The van der Waals surface area contributed by atoms with Gasteiger partial charge in [0.05, 0.1) is 11.1 Å². The van der Waals surface area contributed by atoms with E-state index in [1.54, 1.807) is 0 Å². The Kier molecular flexibility index (Phi) is 2.66. The summed E-state index contributed by atoms with van der Waals surface area (Å²) in [6.45, 7) is 8.53. The molecule has 1 aliphatic heterocycles. The number of fused-ring (bicyclic) bond motifs is 3. The van der Waals surface area contributed by atoms with Crippen LogP contribution in [-0.4, -0.2) is 27.2 Å². The van der Waals surface area contributed by atoms with Crippen LogP contribution < -0.4 is 4.90 Å². The van der Waals surface area contributed by atoms with Crippen LogP contribution in [0.3, 0.4) is 0 Å². The van der Waals surface area contributed by atoms with Crippen molar-refractivity contribution in [2.75, 3.05) is 11.9 Å². The van der Waals surface area contributed by atoms with Gasteiger partial charge in [-0.05, 0) is 39.3 Å². The highest BCUT2D eigenvalue weighted by molar-refractivity contribution is 6.07. The summed E-state index contributed by atoms with van der Waals surface area (Å²) in [7, 11) is 4.09. The zero-order chi connectivity index (χ0) is 16.5. The summed E-state index contributed by atoms with van der Waals surface area (Å²) in [6, 6.07) is 4.27. The molecule has 0 aliphatic carbocycles. The Labute approximate surface area is 135 Å². The van der Waals surface area contributed by atoms with Crippen LogP contribution in [0, 0.1) is 13.8 Å². The lowest BCUT2D eigenvalue weighted by atomic mass is 10.1. The average Bonchev–Trinajstić information content (AvgIpc) is 3.07. The van der Waals surface area contributed by atoms with Crippen molar-refractivity contribution in [1.29, 1.82) is 0 Å². The largest absolute Gasteiger partial charge is 0.436 e. The van der Waals surface area contributed by atoms with Crippen LogP contribution in [0.15, 0.2) is 28.9 Å². The number of hydrogen-bond donors (Lipinski definition) is 0. The van der Waals surface area contributed by atoms with Crippen LogP contribution >= 0.6 is 0 Å². The minimum Gasteiger partial charge on any atom is -0.436 e. The van der Waals surface area contributed by atoms with E-state index in [2.05, 4.69) is 67.1 Å². The van der Waals surface area contributed by atoms with Crippen molar-refractivity contribution in [3.05, 3.63) is 35.9 Å². The first-order chi connectivity index (χ1) is 10.8. The quantitative estimate of drug-likeness (QED) is 0.683. The monoisotopic (exact) mass is 310 g/mol. The Morgan fingerprint density at radius 1 is 1.09 bits per heavy atom. The van der Waals surface area contributed by atoms with Crippen molar-refractivity contribution in [2.45, 2.75) is 33.4 Å². The topological polar surface area (TPSA) is 37.4 Å². The molecule has 0 saturated heterocycles. The van der Waals surface area contributed by atoms with E-state index in [0.717, 1.165) is 33.7 Å². The van der Waals surface area contributed by atoms with Gasteiger partial charge in [-0.2, -0.15) is 0 Å². The first-order valence-corrected chi connectivity index (χ1v) is 7.88. The molecule has 1 aromatic carbocycles. The second kappa shape index (κ2) is 4.31. The number of aryl methyl sites for hydroxylation is 3. The number of hydrogen-bond acceptors (Lipinski definition) is 4. The van der Waals surface area contributed by atoms with Crippen molar-refractivity contribution in [2.24, 2.45) is 7.05 Å². The number of rotatable bonds is 1. The summed E-state index contributed by atoms with van der Waals surface area (Å²) in [5, 5.41) is 1.07. The Morgan fingerprint density at radius 3 is 2.48 bits per heavy atom. The van der Waals surface area contributed by atoms with Gasteiger partial charge in [0.1, 0.15) is 17.0 Å². The highest BCUT2D eigenvalue weighted by atomic mass is 16.3. The van der Waals surface area contributed by atoms with Gasteiger partial charge in [0.2, 0.25) is 5.71 Å². The predicted molar refractivity (Wildman–Crippen MR) is 93.4 cm³/mol. The maximum atomic E-state index is 6.26. The molecule has 23 heavy (non-hydrogen) atoms. The van der Waals surface area contributed by atoms with Gasteiger partial charge in [-0.25, -0.2) is 4.98 Å². The molecule has 3 aromatic rings. The van der Waals surface area contributed by atoms with Gasteiger partial charge >= 0.3 is 0 Å². The molecule has 0 bridgehead atoms. The predicted octanol–water partition coefficient (Wildman–Crippen LogP) is 3.90. The Bertz CT molecular complexity index is 961. The molecule has 0 unspecified atom stereocenters. The molecule has 5 heteroatoms. The number of nitrogens with zero attached hydrogens (tertiary/aromatic N) is 4. The average molecular weight is 310 g/mol. The molecule has 0 spiro atoms. The summed E-state index contributed by atoms with van der Waals surface area (Å²) in [5.74, 6) is 0.962. The van der Waals surface area contributed by atoms with E-state index in [1.807, 2.05) is 18.5 Å². The maximum absolute atomic E-state index is 6.26. The molecule has 0 saturated carbocycles. The van der Waals surface area contributed by atoms with Crippen LogP contribution in [0.1, 0.15) is 25.2 Å². The fourth-order valence-corrected chi connectivity index (χ4v) is 3.29. The highest BCUT2D eigenvalue weighted by Gasteiger charge is 2.35. The molecular formula is C18H22N4O. The SMILES string of the molecule is Cc1ccc2c(oc3c2nc(C)n3C)c1N1C=CN(C)C1(C)C. The van der Waals surface area contributed by atoms with Crippen LogP contribution in [0.2, 0.25) is 0 Å². The Balaban J connectivity index is 2.05. The number of anilines is 1. The minimum absolute atomic E-state index is 0.138. The van der Waals surface area contributed by atoms with Crippen molar-refractivity contribution < 1.29 is 4.42 Å². The van der Waals surface area contributed by atoms with Crippen molar-refractivity contribution >= 4 is 27.9 Å². The fourth-order valence-electron chi connectivity index (χ4n) is 3.29. The van der Waals surface area contributed by atoms with E-state index in [9.17, 15) is 0 Å². The lowest BCUT2D eigenvalue weighted by molar-refractivity contribution is 0.253. The molecule has 5 nitrogen and oxygen atoms in total. The summed E-state index contributed by atoms with van der Waals surface area (Å²) < 4.78 is 8.27. The number of benzene rings is 1. The highest BCUT2D eigenvalue weighted by Crippen LogP contribution is 2.41. The van der Waals surface area contributed by atoms with E-state index in [-0.39, 0.29) is 5.66 Å². The molecule has 0 radical (unpaired) electrons. The third-order valence-corrected chi connectivity index (χ3v) is 5.19. The standard InChI is InChI=1S/C18H22N4O/c1-11-7-8-13-14-17(21(6)12(2)19-14)23-16(13)15(11)22-10-9-20(5)18(22,3)4/h7-10H,1-6H3. The van der Waals surface area contributed by atoms with Crippen LogP contribution in [0.25, 0.3) is 22.2 Å². The van der Waals surface area contributed by atoms with Crippen molar-refractivity contribution in [3.63, 3.8) is 0 Å². The third-order valence-electron chi connectivity index (χ3n) is 5.19. The van der Waals surface area contributed by atoms with Gasteiger partial charge in [0, 0.05) is 26.5 Å². The summed E-state index contributed by atoms with van der Waals surface area (Å²) in [6.07, 6.45) is 4.22. The third kappa shape index (κ3) is 1.70. The van der Waals surface area contributed by atoms with E-state index in [0.29, 0.717) is 0 Å². The van der Waals surface area contributed by atoms with Crippen molar-refractivity contribution in [3.8, 4) is 0 Å². The normalized spacial score (nSPS) is 17.1. The maximum Gasteiger partial charge on any atom is 0.228 e. The molecule has 0 amide bonds. The van der Waals surface area contributed by atoms with E-state index < -0.39 is 0 Å². The second-order valence-corrected chi connectivity index (χ2v) is 6.86. The minimum atomic E-state index is -0.138. The summed E-state index contributed by atoms with van der Waals surface area (Å²) >= 11 is 0. The molecule has 2 aromatic heterocycles. The summed E-state index contributed by atoms with van der Waals surface area (Å²) in [5.41, 5.74) is 4.85.